The van der Waals surface area contributed by atoms with Crippen LogP contribution < -0.4 is 5.73 Å². The van der Waals surface area contributed by atoms with Crippen LogP contribution in [0.1, 0.15) is 37.0 Å². The van der Waals surface area contributed by atoms with E-state index in [0.717, 1.165) is 28.7 Å². The summed E-state index contributed by atoms with van der Waals surface area (Å²) in [5.74, 6) is 0.900. The van der Waals surface area contributed by atoms with Crippen molar-refractivity contribution in [3.8, 4) is 0 Å². The lowest BCUT2D eigenvalue weighted by Gasteiger charge is -2.20. The van der Waals surface area contributed by atoms with Crippen LogP contribution in [0.2, 0.25) is 0 Å². The van der Waals surface area contributed by atoms with Gasteiger partial charge in [-0.2, -0.15) is 4.37 Å². The molecule has 2 heterocycles. The first-order chi connectivity index (χ1) is 9.24. The lowest BCUT2D eigenvalue weighted by molar-refractivity contribution is 0.624. The Bertz CT molecular complexity index is 500. The van der Waals surface area contributed by atoms with E-state index in [9.17, 15) is 0 Å². The molecule has 6 heteroatoms. The molecule has 2 atom stereocenters. The number of thioether (sulfide) groups is 1. The molecule has 19 heavy (non-hydrogen) atoms. The summed E-state index contributed by atoms with van der Waals surface area (Å²) in [6.45, 7) is 4.16. The van der Waals surface area contributed by atoms with E-state index in [4.69, 9.17) is 5.73 Å². The molecule has 0 aliphatic carbocycles. The summed E-state index contributed by atoms with van der Waals surface area (Å²) >= 11 is 3.11. The van der Waals surface area contributed by atoms with Gasteiger partial charge in [0.1, 0.15) is 5.82 Å². The van der Waals surface area contributed by atoms with Crippen LogP contribution in [0.15, 0.2) is 28.7 Å². The minimum absolute atomic E-state index is 0.0638. The second-order valence-corrected chi connectivity index (χ2v) is 6.34. The molecule has 0 saturated heterocycles. The smallest absolute Gasteiger partial charge is 0.170 e. The number of hydrogen-bond acceptors (Lipinski definition) is 6. The first-order valence-corrected chi connectivity index (χ1v) is 8.05. The fourth-order valence-corrected chi connectivity index (χ4v) is 3.76. The predicted octanol–water partition coefficient (Wildman–Crippen LogP) is 3.07. The first-order valence-electron chi connectivity index (χ1n) is 6.40. The Morgan fingerprint density at radius 2 is 2.21 bits per heavy atom. The zero-order chi connectivity index (χ0) is 13.7. The van der Waals surface area contributed by atoms with Crippen LogP contribution in [0.5, 0.6) is 0 Å². The van der Waals surface area contributed by atoms with Crippen molar-refractivity contribution in [2.75, 3.05) is 0 Å². The Morgan fingerprint density at radius 3 is 2.79 bits per heavy atom. The maximum absolute atomic E-state index is 6.23. The molecule has 2 rings (SSSR count). The third-order valence-electron chi connectivity index (χ3n) is 2.83. The quantitative estimate of drug-likeness (QED) is 0.829. The third-order valence-corrected chi connectivity index (χ3v) is 5.03. The van der Waals surface area contributed by atoms with Gasteiger partial charge in [-0.25, -0.2) is 4.98 Å². The van der Waals surface area contributed by atoms with Gasteiger partial charge in [-0.1, -0.05) is 31.7 Å². The molecule has 0 amide bonds. The molecule has 0 aliphatic heterocycles. The number of rotatable bonds is 6. The Hall–Kier alpha value is -0.980. The van der Waals surface area contributed by atoms with E-state index in [1.165, 1.54) is 11.5 Å². The zero-order valence-corrected chi connectivity index (χ0v) is 12.7. The summed E-state index contributed by atoms with van der Waals surface area (Å²) in [5, 5.41) is 0.129. The van der Waals surface area contributed by atoms with Gasteiger partial charge in [0, 0.05) is 18.7 Å². The van der Waals surface area contributed by atoms with Crippen molar-refractivity contribution in [2.24, 2.45) is 5.73 Å². The summed E-state index contributed by atoms with van der Waals surface area (Å²) in [5.41, 5.74) is 7.24. The lowest BCUT2D eigenvalue weighted by atomic mass is 10.1. The van der Waals surface area contributed by atoms with Crippen molar-refractivity contribution < 1.29 is 0 Å². The Kier molecular flexibility index (Phi) is 5.30. The van der Waals surface area contributed by atoms with Gasteiger partial charge in [-0.3, -0.25) is 4.98 Å². The summed E-state index contributed by atoms with van der Waals surface area (Å²) in [6.07, 6.45) is 3.58. The molecule has 4 nitrogen and oxygen atoms in total. The monoisotopic (exact) mass is 294 g/mol. The normalized spacial score (nSPS) is 14.3. The van der Waals surface area contributed by atoms with Crippen molar-refractivity contribution in [3.05, 3.63) is 35.9 Å². The van der Waals surface area contributed by atoms with Crippen molar-refractivity contribution in [1.29, 1.82) is 0 Å². The van der Waals surface area contributed by atoms with Gasteiger partial charge in [-0.15, -0.1) is 0 Å². The van der Waals surface area contributed by atoms with Gasteiger partial charge in [0.25, 0.3) is 0 Å². The van der Waals surface area contributed by atoms with Crippen molar-refractivity contribution in [2.45, 2.75) is 42.3 Å². The number of nitrogens with two attached hydrogens (primary N) is 1. The van der Waals surface area contributed by atoms with E-state index < -0.39 is 0 Å². The number of aromatic nitrogens is 3. The highest BCUT2D eigenvalue weighted by Crippen LogP contribution is 2.37. The van der Waals surface area contributed by atoms with E-state index in [2.05, 4.69) is 28.2 Å². The summed E-state index contributed by atoms with van der Waals surface area (Å²) < 4.78 is 5.28. The van der Waals surface area contributed by atoms with E-state index in [-0.39, 0.29) is 11.3 Å². The van der Waals surface area contributed by atoms with Gasteiger partial charge in [0.15, 0.2) is 4.34 Å². The minimum Gasteiger partial charge on any atom is -0.326 e. The Morgan fingerprint density at radius 1 is 1.37 bits per heavy atom. The lowest BCUT2D eigenvalue weighted by Crippen LogP contribution is -2.26. The van der Waals surface area contributed by atoms with Gasteiger partial charge in [-0.05, 0) is 30.1 Å². The Labute approximate surface area is 122 Å². The average Bonchev–Trinajstić information content (AvgIpc) is 2.92. The third kappa shape index (κ3) is 3.75. The van der Waals surface area contributed by atoms with Crippen LogP contribution in [0, 0.1) is 0 Å². The molecule has 0 spiro atoms. The molecular formula is C13H18N4S2. The van der Waals surface area contributed by atoms with E-state index in [0.29, 0.717) is 0 Å². The van der Waals surface area contributed by atoms with Crippen LogP contribution in [0.25, 0.3) is 0 Å². The van der Waals surface area contributed by atoms with Crippen LogP contribution >= 0.6 is 23.3 Å². The van der Waals surface area contributed by atoms with Gasteiger partial charge in [0.2, 0.25) is 0 Å². The van der Waals surface area contributed by atoms with E-state index in [1.54, 1.807) is 11.8 Å². The fraction of sp³-hybridized carbons (Fsp3) is 0.462. The van der Waals surface area contributed by atoms with Crippen molar-refractivity contribution in [3.63, 3.8) is 0 Å². The molecule has 2 aromatic rings. The fourth-order valence-electron chi connectivity index (χ4n) is 1.66. The van der Waals surface area contributed by atoms with Crippen molar-refractivity contribution >= 4 is 23.3 Å². The molecular weight excluding hydrogens is 276 g/mol. The molecule has 0 aromatic carbocycles. The molecule has 2 aromatic heterocycles. The molecule has 0 bridgehead atoms. The summed E-state index contributed by atoms with van der Waals surface area (Å²) in [6, 6.07) is 6.00. The zero-order valence-electron chi connectivity index (χ0n) is 11.1. The SMILES string of the molecule is CCc1nsc(SC(c2ccccn2)C(N)CC)n1. The van der Waals surface area contributed by atoms with Gasteiger partial charge in [0.05, 0.1) is 10.9 Å². The highest BCUT2D eigenvalue weighted by molar-refractivity contribution is 8.01. The largest absolute Gasteiger partial charge is 0.326 e. The standard InChI is InChI=1S/C13H18N4S2/c1-3-9(14)12(10-7-5-6-8-15-10)18-13-16-11(4-2)17-19-13/h5-9,12H,3-4,14H2,1-2H3. The van der Waals surface area contributed by atoms with Crippen LogP contribution in [-0.2, 0) is 6.42 Å². The Balaban J connectivity index is 2.19. The number of nitrogens with zero attached hydrogens (tertiary/aromatic N) is 3. The van der Waals surface area contributed by atoms with Crippen LogP contribution in [0.3, 0.4) is 0 Å². The maximum Gasteiger partial charge on any atom is 0.170 e. The van der Waals surface area contributed by atoms with Crippen LogP contribution in [-0.4, -0.2) is 20.4 Å². The van der Waals surface area contributed by atoms with E-state index >= 15 is 0 Å². The highest BCUT2D eigenvalue weighted by atomic mass is 32.2. The summed E-state index contributed by atoms with van der Waals surface area (Å²) in [4.78, 5) is 8.92. The molecule has 2 unspecified atom stereocenters. The molecule has 0 fully saturated rings. The van der Waals surface area contributed by atoms with Gasteiger partial charge >= 0.3 is 0 Å². The number of aryl methyl sites for hydroxylation is 1. The number of pyridine rings is 1. The number of hydrogen-bond donors (Lipinski definition) is 1. The molecule has 0 radical (unpaired) electrons. The molecule has 0 saturated carbocycles. The van der Waals surface area contributed by atoms with Crippen LogP contribution in [0.4, 0.5) is 0 Å². The van der Waals surface area contributed by atoms with Gasteiger partial charge < -0.3 is 5.73 Å². The minimum atomic E-state index is 0.0638. The molecule has 102 valence electrons. The topological polar surface area (TPSA) is 64.7 Å². The molecule has 0 aliphatic rings. The second-order valence-electron chi connectivity index (χ2n) is 4.20. The van der Waals surface area contributed by atoms with Crippen molar-refractivity contribution in [1.82, 2.24) is 14.3 Å². The maximum atomic E-state index is 6.23. The molecule has 2 N–H and O–H groups in total. The average molecular weight is 294 g/mol. The summed E-state index contributed by atoms with van der Waals surface area (Å²) in [7, 11) is 0. The highest BCUT2D eigenvalue weighted by Gasteiger charge is 2.22. The first kappa shape index (κ1) is 14.4. The second kappa shape index (κ2) is 6.98. The van der Waals surface area contributed by atoms with E-state index in [1.807, 2.05) is 24.4 Å². The predicted molar refractivity (Wildman–Crippen MR) is 80.4 cm³/mol.